The van der Waals surface area contributed by atoms with Crippen LogP contribution >= 0.6 is 11.6 Å². The molecule has 1 aromatic heterocycles. The first-order valence-corrected chi connectivity index (χ1v) is 7.80. The highest BCUT2D eigenvalue weighted by Gasteiger charge is 2.21. The van der Waals surface area contributed by atoms with Crippen LogP contribution in [0.3, 0.4) is 0 Å². The van der Waals surface area contributed by atoms with Crippen molar-refractivity contribution in [3.63, 3.8) is 0 Å². The van der Waals surface area contributed by atoms with Gasteiger partial charge >= 0.3 is 6.03 Å². The molecule has 0 fully saturated rings. The molecule has 118 valence electrons. The Bertz CT molecular complexity index is 725. The van der Waals surface area contributed by atoms with Gasteiger partial charge in [0.2, 0.25) is 0 Å². The highest BCUT2D eigenvalue weighted by Crippen LogP contribution is 2.14. The average molecular weight is 329 g/mol. The van der Waals surface area contributed by atoms with Crippen LogP contribution < -0.4 is 5.32 Å². The number of aryl methyl sites for hydroxylation is 1. The van der Waals surface area contributed by atoms with E-state index in [2.05, 4.69) is 15.4 Å². The number of benzene rings is 1. The predicted molar refractivity (Wildman–Crippen MR) is 90.5 cm³/mol. The molecule has 2 heterocycles. The number of hydrogen-bond donors (Lipinski definition) is 1. The van der Waals surface area contributed by atoms with Crippen LogP contribution in [0.2, 0.25) is 5.15 Å². The Hall–Kier alpha value is -2.40. The van der Waals surface area contributed by atoms with E-state index < -0.39 is 0 Å². The molecule has 2 aromatic rings. The minimum atomic E-state index is -0.206. The van der Waals surface area contributed by atoms with Crippen molar-refractivity contribution in [2.75, 3.05) is 6.54 Å². The number of rotatable bonds is 3. The molecule has 6 heteroatoms. The van der Waals surface area contributed by atoms with E-state index in [4.69, 9.17) is 11.6 Å². The van der Waals surface area contributed by atoms with Crippen LogP contribution in [0.1, 0.15) is 23.1 Å². The monoisotopic (exact) mass is 328 g/mol. The molecule has 1 aliphatic rings. The van der Waals surface area contributed by atoms with Gasteiger partial charge in [0, 0.05) is 19.2 Å². The molecule has 0 radical (unpaired) electrons. The number of amides is 2. The highest BCUT2D eigenvalue weighted by molar-refractivity contribution is 6.29. The summed E-state index contributed by atoms with van der Waals surface area (Å²) in [6.07, 6.45) is 2.41. The van der Waals surface area contributed by atoms with Crippen LogP contribution in [0, 0.1) is 6.92 Å². The average Bonchev–Trinajstić information content (AvgIpc) is 3.05. The largest absolute Gasteiger partial charge is 0.338 e. The van der Waals surface area contributed by atoms with Gasteiger partial charge in [0.15, 0.2) is 0 Å². The number of hydrogen-bond acceptors (Lipinski definition) is 3. The Morgan fingerprint density at radius 1 is 1.26 bits per heavy atom. The number of aromatic nitrogens is 1. The van der Waals surface area contributed by atoms with E-state index in [9.17, 15) is 4.79 Å². The SMILES string of the molecule is Cc1ccc(C2=NN(C(=O)NCc3ccc(Cl)nc3)CC2)cc1. The molecular weight excluding hydrogens is 312 g/mol. The summed E-state index contributed by atoms with van der Waals surface area (Å²) in [4.78, 5) is 16.2. The molecule has 0 bridgehead atoms. The van der Waals surface area contributed by atoms with Crippen molar-refractivity contribution in [3.05, 3.63) is 64.4 Å². The maximum Gasteiger partial charge on any atom is 0.338 e. The lowest BCUT2D eigenvalue weighted by Crippen LogP contribution is -2.34. The molecule has 0 saturated heterocycles. The number of hydrazone groups is 1. The first-order valence-electron chi connectivity index (χ1n) is 7.42. The van der Waals surface area contributed by atoms with Crippen molar-refractivity contribution in [2.45, 2.75) is 19.9 Å². The van der Waals surface area contributed by atoms with Gasteiger partial charge in [0.05, 0.1) is 12.3 Å². The smallest absolute Gasteiger partial charge is 0.332 e. The zero-order chi connectivity index (χ0) is 16.2. The van der Waals surface area contributed by atoms with Crippen LogP contribution in [0.5, 0.6) is 0 Å². The highest BCUT2D eigenvalue weighted by atomic mass is 35.5. The van der Waals surface area contributed by atoms with Crippen molar-refractivity contribution in [1.82, 2.24) is 15.3 Å². The number of urea groups is 1. The zero-order valence-corrected chi connectivity index (χ0v) is 13.5. The van der Waals surface area contributed by atoms with Crippen LogP contribution in [0.25, 0.3) is 0 Å². The molecule has 0 atom stereocenters. The molecule has 1 aromatic carbocycles. The van der Waals surface area contributed by atoms with E-state index in [1.165, 1.54) is 10.6 Å². The van der Waals surface area contributed by atoms with Gasteiger partial charge in [-0.15, -0.1) is 0 Å². The van der Waals surface area contributed by atoms with Gasteiger partial charge in [0.1, 0.15) is 5.15 Å². The van der Waals surface area contributed by atoms with Crippen molar-refractivity contribution in [2.24, 2.45) is 5.10 Å². The molecule has 0 spiro atoms. The second kappa shape index (κ2) is 6.79. The van der Waals surface area contributed by atoms with Gasteiger partial charge in [-0.3, -0.25) is 0 Å². The van der Waals surface area contributed by atoms with Crippen molar-refractivity contribution in [3.8, 4) is 0 Å². The lowest BCUT2D eigenvalue weighted by atomic mass is 10.1. The van der Waals surface area contributed by atoms with Gasteiger partial charge in [-0.2, -0.15) is 5.10 Å². The summed E-state index contributed by atoms with van der Waals surface area (Å²) in [5.74, 6) is 0. The molecule has 1 N–H and O–H groups in total. The van der Waals surface area contributed by atoms with Gasteiger partial charge in [0.25, 0.3) is 0 Å². The Balaban J connectivity index is 1.60. The topological polar surface area (TPSA) is 57.6 Å². The number of nitrogens with one attached hydrogen (secondary N) is 1. The Morgan fingerprint density at radius 3 is 2.74 bits per heavy atom. The van der Waals surface area contributed by atoms with Gasteiger partial charge < -0.3 is 5.32 Å². The number of carbonyl (C=O) groups is 1. The quantitative estimate of drug-likeness (QED) is 0.878. The third kappa shape index (κ3) is 3.87. The molecular formula is C17H17ClN4O. The second-order valence-electron chi connectivity index (χ2n) is 5.43. The minimum Gasteiger partial charge on any atom is -0.332 e. The van der Waals surface area contributed by atoms with Crippen LogP contribution in [-0.4, -0.2) is 28.3 Å². The zero-order valence-electron chi connectivity index (χ0n) is 12.8. The number of nitrogens with zero attached hydrogens (tertiary/aromatic N) is 3. The fourth-order valence-corrected chi connectivity index (χ4v) is 2.44. The summed E-state index contributed by atoms with van der Waals surface area (Å²) in [6, 6.07) is 11.5. The van der Waals surface area contributed by atoms with Gasteiger partial charge in [-0.1, -0.05) is 47.5 Å². The summed E-state index contributed by atoms with van der Waals surface area (Å²) in [5.41, 5.74) is 4.10. The lowest BCUT2D eigenvalue weighted by Gasteiger charge is -2.12. The summed E-state index contributed by atoms with van der Waals surface area (Å²) in [6.45, 7) is 3.04. The minimum absolute atomic E-state index is 0.206. The van der Waals surface area contributed by atoms with E-state index in [0.29, 0.717) is 18.2 Å². The molecule has 0 unspecified atom stereocenters. The summed E-state index contributed by atoms with van der Waals surface area (Å²) < 4.78 is 0. The van der Waals surface area contributed by atoms with Gasteiger partial charge in [-0.25, -0.2) is 14.8 Å². The molecule has 0 aliphatic carbocycles. The fraction of sp³-hybridized carbons (Fsp3) is 0.235. The van der Waals surface area contributed by atoms with E-state index in [0.717, 1.165) is 23.3 Å². The first kappa shape index (κ1) is 15.5. The summed E-state index contributed by atoms with van der Waals surface area (Å²) >= 11 is 5.74. The standard InChI is InChI=1S/C17H17ClN4O/c1-12-2-5-14(6-3-12)15-8-9-22(21-15)17(23)20-11-13-4-7-16(18)19-10-13/h2-7,10H,8-9,11H2,1H3,(H,20,23). The number of pyridine rings is 1. The van der Waals surface area contributed by atoms with Gasteiger partial charge in [-0.05, 0) is 24.1 Å². The molecule has 5 nitrogen and oxygen atoms in total. The molecule has 0 saturated carbocycles. The molecule has 1 aliphatic heterocycles. The fourth-order valence-electron chi connectivity index (χ4n) is 2.33. The van der Waals surface area contributed by atoms with Crippen molar-refractivity contribution in [1.29, 1.82) is 0 Å². The maximum atomic E-state index is 12.2. The Morgan fingerprint density at radius 2 is 2.04 bits per heavy atom. The Labute approximate surface area is 140 Å². The summed E-state index contributed by atoms with van der Waals surface area (Å²) in [5, 5.41) is 9.16. The van der Waals surface area contributed by atoms with E-state index in [1.807, 2.05) is 37.3 Å². The normalized spacial score (nSPS) is 13.8. The van der Waals surface area contributed by atoms with E-state index >= 15 is 0 Å². The van der Waals surface area contributed by atoms with E-state index in [-0.39, 0.29) is 6.03 Å². The summed E-state index contributed by atoms with van der Waals surface area (Å²) in [7, 11) is 0. The number of halogens is 1. The second-order valence-corrected chi connectivity index (χ2v) is 5.82. The van der Waals surface area contributed by atoms with Crippen LogP contribution in [0.15, 0.2) is 47.7 Å². The van der Waals surface area contributed by atoms with Crippen molar-refractivity contribution < 1.29 is 4.79 Å². The maximum absolute atomic E-state index is 12.2. The Kier molecular flexibility index (Phi) is 4.57. The van der Waals surface area contributed by atoms with Crippen molar-refractivity contribution >= 4 is 23.3 Å². The lowest BCUT2D eigenvalue weighted by molar-refractivity contribution is 0.205. The third-order valence-electron chi connectivity index (χ3n) is 3.65. The van der Waals surface area contributed by atoms with E-state index in [1.54, 1.807) is 12.3 Å². The third-order valence-corrected chi connectivity index (χ3v) is 3.88. The molecule has 2 amide bonds. The molecule has 23 heavy (non-hydrogen) atoms. The first-order chi connectivity index (χ1) is 11.1. The van der Waals surface area contributed by atoms with Crippen LogP contribution in [0.4, 0.5) is 4.79 Å². The van der Waals surface area contributed by atoms with Crippen LogP contribution in [-0.2, 0) is 6.54 Å². The molecule has 3 rings (SSSR count). The predicted octanol–water partition coefficient (Wildman–Crippen LogP) is 3.36. The number of carbonyl (C=O) groups excluding carboxylic acids is 1.